The minimum atomic E-state index is -2.20. The van der Waals surface area contributed by atoms with Crippen molar-refractivity contribution in [2.45, 2.75) is 174 Å². The van der Waals surface area contributed by atoms with Gasteiger partial charge >= 0.3 is 0 Å². The van der Waals surface area contributed by atoms with Gasteiger partial charge in [-0.1, -0.05) is 117 Å². The molecule has 0 N–H and O–H groups in total. The zero-order chi connectivity index (χ0) is 75.3. The first-order chi connectivity index (χ1) is 47.7. The molecule has 12 rings (SSSR count). The van der Waals surface area contributed by atoms with Crippen molar-refractivity contribution in [1.29, 1.82) is 0 Å². The number of benzene rings is 5. The lowest BCUT2D eigenvalue weighted by Gasteiger charge is -2.14. The van der Waals surface area contributed by atoms with Gasteiger partial charge in [-0.25, -0.2) is 9.13 Å². The first kappa shape index (κ1) is 54.6. The Balaban J connectivity index is 0.000000163. The molecular formula is C86H108N5+5. The van der Waals surface area contributed by atoms with Crippen molar-refractivity contribution >= 4 is 0 Å². The number of hydrogen-bond donors (Lipinski definition) is 0. The maximum atomic E-state index is 8.87. The molecule has 0 bridgehead atoms. The zero-order valence-corrected chi connectivity index (χ0v) is 58.0. The Labute approximate surface area is 565 Å². The normalized spacial score (nSPS) is 15.8. The quantitative estimate of drug-likeness (QED) is 0.142. The molecule has 2 aliphatic carbocycles. The number of nitrogens with zero attached hydrogens (tertiary/aromatic N) is 5. The van der Waals surface area contributed by atoms with E-state index in [1.165, 1.54) is 80.0 Å². The first-order valence-electron chi connectivity index (χ1n) is 38.1. The summed E-state index contributed by atoms with van der Waals surface area (Å²) in [6, 6.07) is 52.1. The third-order valence-corrected chi connectivity index (χ3v) is 19.2. The number of pyridine rings is 5. The molecule has 10 aromatic rings. The molecule has 5 nitrogen and oxygen atoms in total. The highest BCUT2D eigenvalue weighted by molar-refractivity contribution is 5.67. The van der Waals surface area contributed by atoms with Crippen molar-refractivity contribution in [2.24, 2.45) is 35.2 Å². The second-order valence-corrected chi connectivity index (χ2v) is 25.6. The summed E-state index contributed by atoms with van der Waals surface area (Å²) in [5.74, 6) is -1.15. The van der Waals surface area contributed by atoms with Crippen molar-refractivity contribution in [3.05, 3.63) is 265 Å². The molecule has 0 amide bonds. The van der Waals surface area contributed by atoms with Gasteiger partial charge in [0.05, 0.1) is 0 Å². The summed E-state index contributed by atoms with van der Waals surface area (Å²) >= 11 is 0. The summed E-state index contributed by atoms with van der Waals surface area (Å²) < 4.78 is 98.1. The Kier molecular flexibility index (Phi) is 18.5. The van der Waals surface area contributed by atoms with Gasteiger partial charge in [-0.2, -0.15) is 13.7 Å². The summed E-state index contributed by atoms with van der Waals surface area (Å²) in [4.78, 5) is 0. The van der Waals surface area contributed by atoms with Crippen LogP contribution in [-0.2, 0) is 35.2 Å². The van der Waals surface area contributed by atoms with Gasteiger partial charge in [-0.15, -0.1) is 0 Å². The average molecular weight is 1220 g/mol. The summed E-state index contributed by atoms with van der Waals surface area (Å²) in [5.41, 5.74) is 29.0. The molecule has 2 aliphatic rings. The highest BCUT2D eigenvalue weighted by Gasteiger charge is 2.27. The Bertz CT molecular complexity index is 4650. The van der Waals surface area contributed by atoms with Gasteiger partial charge in [-0.05, 0) is 213 Å². The van der Waals surface area contributed by atoms with Gasteiger partial charge in [0.15, 0.2) is 29.5 Å². The summed E-state index contributed by atoms with van der Waals surface area (Å²) in [7, 11) is 9.97. The van der Waals surface area contributed by atoms with E-state index in [-0.39, 0.29) is 5.89 Å². The second kappa shape index (κ2) is 30.8. The Morgan fingerprint density at radius 2 is 0.725 bits per heavy atom. The lowest BCUT2D eigenvalue weighted by Crippen LogP contribution is -2.37. The van der Waals surface area contributed by atoms with Crippen LogP contribution in [0.2, 0.25) is 0 Å². The zero-order valence-electron chi connectivity index (χ0n) is 69.0. The van der Waals surface area contributed by atoms with Gasteiger partial charge < -0.3 is 0 Å². The summed E-state index contributed by atoms with van der Waals surface area (Å²) in [6.45, 7) is 20.2. The largest absolute Gasteiger partial charge is 0.215 e. The van der Waals surface area contributed by atoms with E-state index in [4.69, 9.17) is 15.1 Å². The number of aromatic nitrogens is 5. The van der Waals surface area contributed by atoms with Crippen molar-refractivity contribution in [2.75, 3.05) is 0 Å². The van der Waals surface area contributed by atoms with Crippen LogP contribution in [0.25, 0.3) is 56.3 Å². The maximum absolute atomic E-state index is 8.87. The smallest absolute Gasteiger partial charge is 0.201 e. The van der Waals surface area contributed by atoms with Crippen LogP contribution in [0.1, 0.15) is 179 Å². The molecule has 5 heterocycles. The topological polar surface area (TPSA) is 19.4 Å². The molecule has 2 saturated carbocycles. The second-order valence-electron chi connectivity index (χ2n) is 25.6. The van der Waals surface area contributed by atoms with Crippen molar-refractivity contribution in [1.82, 2.24) is 0 Å². The fourth-order valence-corrected chi connectivity index (χ4v) is 13.1. The minimum absolute atomic E-state index is 0.319. The van der Waals surface area contributed by atoms with Crippen LogP contribution >= 0.6 is 0 Å². The predicted octanol–water partition coefficient (Wildman–Crippen LogP) is 19.1. The van der Waals surface area contributed by atoms with Crippen LogP contribution in [0.5, 0.6) is 0 Å². The van der Waals surface area contributed by atoms with E-state index in [9.17, 15) is 0 Å². The fraction of sp³-hybridized carbons (Fsp3) is 0.360. The van der Waals surface area contributed by atoms with E-state index in [2.05, 4.69) is 188 Å². The molecule has 5 heteroatoms. The van der Waals surface area contributed by atoms with Crippen LogP contribution < -0.4 is 22.8 Å². The first-order valence-corrected chi connectivity index (χ1v) is 32.6. The van der Waals surface area contributed by atoms with Gasteiger partial charge in [0, 0.05) is 122 Å². The number of hydrogen-bond acceptors (Lipinski definition) is 0. The van der Waals surface area contributed by atoms with Gasteiger partial charge in [0.2, 0.25) is 28.5 Å². The van der Waals surface area contributed by atoms with Gasteiger partial charge in [0.25, 0.3) is 0 Å². The van der Waals surface area contributed by atoms with E-state index >= 15 is 0 Å². The van der Waals surface area contributed by atoms with Crippen LogP contribution in [0, 0.1) is 111 Å². The predicted molar refractivity (Wildman–Crippen MR) is 383 cm³/mol. The number of aryl methyl sites for hydroxylation is 12. The maximum Gasteiger partial charge on any atom is 0.215 e. The molecule has 0 aliphatic heterocycles. The molecule has 0 spiro atoms. The molecule has 2 fully saturated rings. The van der Waals surface area contributed by atoms with Crippen LogP contribution in [-0.4, -0.2) is 0 Å². The van der Waals surface area contributed by atoms with Crippen LogP contribution in [0.15, 0.2) is 164 Å². The highest BCUT2D eigenvalue weighted by Crippen LogP contribution is 2.38. The monoisotopic (exact) mass is 1220 g/mol. The molecule has 472 valence electrons. The molecule has 0 atom stereocenters. The van der Waals surface area contributed by atoms with Gasteiger partial charge in [-0.3, -0.25) is 0 Å². The van der Waals surface area contributed by atoms with Crippen LogP contribution in [0.3, 0.4) is 0 Å². The average Bonchev–Trinajstić information content (AvgIpc) is 1.04. The van der Waals surface area contributed by atoms with Crippen molar-refractivity contribution in [3.8, 4) is 56.3 Å². The standard InChI is InChI=1S/2C19H24N.C17H22N.C16H20N.C15H18N/c1-14-8-4-7-11-17(14)19-12-18(15(2)13-20(19)3)16-9-5-6-10-16;1-14-8-4-7-11-17(14)19-12-15(2)18(13-20(19)3)16-9-5-6-10-16;1-11-9-7-8-10-16(11)17-14(4)12(2)13(3)15(5)18(17)6;1-11-8-6-7-9-15(11)16-10-12(2)13(3)14(4)17(16)5;1-11-9-13(3)16(4)15(10-11)14-8-6-5-7-12(14)2/h2*4,7-8,11-13,16H,5-6,9-10H2,1-3H3;7-10H,1-6H3;6-10H,1-5H3;5-10H,1-4H3/q5*+1/i2D3,16D;16D;2*3D3;. The molecule has 5 aromatic carbocycles. The van der Waals surface area contributed by atoms with Crippen LogP contribution in [0.4, 0.5) is 0 Å². The lowest BCUT2D eigenvalue weighted by molar-refractivity contribution is -0.667. The minimum Gasteiger partial charge on any atom is -0.201 e. The number of rotatable bonds is 7. The van der Waals surface area contributed by atoms with Crippen molar-refractivity contribution in [3.63, 3.8) is 0 Å². The summed E-state index contributed by atoms with van der Waals surface area (Å²) in [5, 5.41) is 0. The fourth-order valence-electron chi connectivity index (χ4n) is 13.1. The lowest BCUT2D eigenvalue weighted by atomic mass is 9.92. The Morgan fingerprint density at radius 3 is 1.19 bits per heavy atom. The van der Waals surface area contributed by atoms with Gasteiger partial charge in [0.1, 0.15) is 35.2 Å². The molecular weight excluding hydrogens is 1100 g/mol. The highest BCUT2D eigenvalue weighted by atomic mass is 15.0. The third kappa shape index (κ3) is 16.0. The third-order valence-electron chi connectivity index (χ3n) is 19.2. The van der Waals surface area contributed by atoms with E-state index in [1.807, 2.05) is 118 Å². The Morgan fingerprint density at radius 1 is 0.330 bits per heavy atom. The molecule has 91 heavy (non-hydrogen) atoms. The van der Waals surface area contributed by atoms with E-state index in [1.54, 1.807) is 6.20 Å². The molecule has 0 radical (unpaired) electrons. The SMILES string of the molecule is Cc1cc(C)[n+](C)c(-c2ccccc2C)c1.[2H]C([2H])([2H])c1c(C)c(C)c(-c2ccccc2C)[n+](C)c1C.[2H]C([2H])([2H])c1c(C)cc(-c2ccccc2C)[n+](C)c1C.[2H]C([2H])([2H])c1c[n+](C)c(-c2ccccc2C)cc1C1([2H])CCCC1.[2H]C1(c2c[n+](C)c(-c3ccccc3C)cc2C)CCCC1. The molecule has 5 aromatic heterocycles. The van der Waals surface area contributed by atoms with E-state index in [0.29, 0.717) is 22.3 Å². The van der Waals surface area contributed by atoms with Crippen molar-refractivity contribution < 1.29 is 37.9 Å². The molecule has 0 saturated heterocycles. The molecule has 0 unspecified atom stereocenters. The van der Waals surface area contributed by atoms with E-state index < -0.39 is 26.4 Å². The van der Waals surface area contributed by atoms with E-state index in [0.717, 1.165) is 106 Å². The Hall–Kier alpha value is -8.15. The summed E-state index contributed by atoms with van der Waals surface area (Å²) in [6.07, 6.45) is 11.7.